The molecule has 0 radical (unpaired) electrons. The predicted molar refractivity (Wildman–Crippen MR) is 83.4 cm³/mol. The molecule has 0 unspecified atom stereocenters. The van der Waals surface area contributed by atoms with Gasteiger partial charge in [-0.15, -0.1) is 5.10 Å². The van der Waals surface area contributed by atoms with Crippen LogP contribution in [-0.4, -0.2) is 26.2 Å². The average Bonchev–Trinajstić information content (AvgIpc) is 3.18. The van der Waals surface area contributed by atoms with Crippen molar-refractivity contribution in [3.8, 4) is 0 Å². The lowest BCUT2D eigenvalue weighted by Crippen LogP contribution is -2.22. The summed E-state index contributed by atoms with van der Waals surface area (Å²) in [6.07, 6.45) is 2.38. The van der Waals surface area contributed by atoms with Crippen molar-refractivity contribution in [2.75, 3.05) is 0 Å². The first-order valence-corrected chi connectivity index (χ1v) is 8.24. The summed E-state index contributed by atoms with van der Waals surface area (Å²) < 4.78 is 1.95. The van der Waals surface area contributed by atoms with Gasteiger partial charge in [0.2, 0.25) is 5.16 Å². The Morgan fingerprint density at radius 2 is 2.19 bits per heavy atom. The van der Waals surface area contributed by atoms with E-state index in [1.165, 1.54) is 28.9 Å². The van der Waals surface area contributed by atoms with Crippen molar-refractivity contribution in [3.05, 3.63) is 29.3 Å². The smallest absolute Gasteiger partial charge is 0.214 e. The van der Waals surface area contributed by atoms with Crippen LogP contribution in [0.25, 0.3) is 0 Å². The van der Waals surface area contributed by atoms with Crippen LogP contribution in [0.1, 0.15) is 43.9 Å². The summed E-state index contributed by atoms with van der Waals surface area (Å²) in [6.45, 7) is 7.40. The second-order valence-electron chi connectivity index (χ2n) is 5.86. The number of tetrazole rings is 1. The molecule has 0 spiro atoms. The average molecular weight is 303 g/mol. The Morgan fingerprint density at radius 1 is 1.38 bits per heavy atom. The predicted octanol–water partition coefficient (Wildman–Crippen LogP) is 2.97. The van der Waals surface area contributed by atoms with E-state index < -0.39 is 0 Å². The molecule has 1 N–H and O–H groups in total. The van der Waals surface area contributed by atoms with Crippen LogP contribution in [0.2, 0.25) is 0 Å². The zero-order chi connectivity index (χ0) is 14.8. The number of hydrogen-bond acceptors (Lipinski definition) is 5. The van der Waals surface area contributed by atoms with Crippen LogP contribution < -0.4 is 5.32 Å². The number of rotatable bonds is 6. The van der Waals surface area contributed by atoms with Crippen LogP contribution in [0.3, 0.4) is 0 Å². The van der Waals surface area contributed by atoms with E-state index in [4.69, 9.17) is 0 Å². The SMILES string of the molecule is Cc1cc(Sc2nnnn2C2CC2)ccc1CNC(C)C. The molecule has 1 fully saturated rings. The minimum Gasteiger partial charge on any atom is -0.310 e. The molecule has 0 atom stereocenters. The molecule has 1 saturated carbocycles. The highest BCUT2D eigenvalue weighted by molar-refractivity contribution is 7.99. The van der Waals surface area contributed by atoms with Crippen LogP contribution >= 0.6 is 11.8 Å². The largest absolute Gasteiger partial charge is 0.310 e. The normalized spacial score (nSPS) is 14.9. The summed E-state index contributed by atoms with van der Waals surface area (Å²) in [6, 6.07) is 7.58. The van der Waals surface area contributed by atoms with Gasteiger partial charge < -0.3 is 5.32 Å². The Balaban J connectivity index is 1.71. The summed E-state index contributed by atoms with van der Waals surface area (Å²) in [5, 5.41) is 16.4. The van der Waals surface area contributed by atoms with E-state index in [2.05, 4.69) is 59.8 Å². The minimum absolute atomic E-state index is 0.501. The van der Waals surface area contributed by atoms with E-state index in [1.807, 2.05) is 4.68 Å². The lowest BCUT2D eigenvalue weighted by Gasteiger charge is -2.11. The third kappa shape index (κ3) is 3.63. The number of aromatic nitrogens is 4. The number of hydrogen-bond donors (Lipinski definition) is 1. The minimum atomic E-state index is 0.501. The molecular weight excluding hydrogens is 282 g/mol. The summed E-state index contributed by atoms with van der Waals surface area (Å²) in [5.74, 6) is 0. The molecule has 1 aliphatic rings. The van der Waals surface area contributed by atoms with Gasteiger partial charge in [0, 0.05) is 17.5 Å². The molecule has 1 aliphatic carbocycles. The monoisotopic (exact) mass is 303 g/mol. The van der Waals surface area contributed by atoms with Gasteiger partial charge in [-0.3, -0.25) is 0 Å². The molecule has 5 nitrogen and oxygen atoms in total. The van der Waals surface area contributed by atoms with Crippen LogP contribution in [0.15, 0.2) is 28.3 Å². The van der Waals surface area contributed by atoms with Gasteiger partial charge in [0.25, 0.3) is 0 Å². The lowest BCUT2D eigenvalue weighted by molar-refractivity contribution is 0.565. The fraction of sp³-hybridized carbons (Fsp3) is 0.533. The van der Waals surface area contributed by atoms with Gasteiger partial charge in [0.05, 0.1) is 6.04 Å². The van der Waals surface area contributed by atoms with Crippen molar-refractivity contribution < 1.29 is 0 Å². The molecule has 21 heavy (non-hydrogen) atoms. The van der Waals surface area contributed by atoms with E-state index in [9.17, 15) is 0 Å². The highest BCUT2D eigenvalue weighted by Gasteiger charge is 2.28. The number of nitrogens with one attached hydrogen (secondary N) is 1. The summed E-state index contributed by atoms with van der Waals surface area (Å²) >= 11 is 1.64. The molecule has 112 valence electrons. The van der Waals surface area contributed by atoms with Crippen molar-refractivity contribution in [2.24, 2.45) is 0 Å². The van der Waals surface area contributed by atoms with Gasteiger partial charge in [0.1, 0.15) is 0 Å². The zero-order valence-corrected chi connectivity index (χ0v) is 13.5. The molecule has 0 bridgehead atoms. The molecule has 1 aromatic carbocycles. The molecule has 0 amide bonds. The van der Waals surface area contributed by atoms with Crippen LogP contribution in [0, 0.1) is 6.92 Å². The van der Waals surface area contributed by atoms with Gasteiger partial charge in [-0.2, -0.15) is 0 Å². The Morgan fingerprint density at radius 3 is 2.86 bits per heavy atom. The van der Waals surface area contributed by atoms with Crippen molar-refractivity contribution in [1.82, 2.24) is 25.5 Å². The topological polar surface area (TPSA) is 55.6 Å². The van der Waals surface area contributed by atoms with Crippen LogP contribution in [0.5, 0.6) is 0 Å². The molecule has 1 heterocycles. The van der Waals surface area contributed by atoms with E-state index in [-0.39, 0.29) is 0 Å². The first kappa shape index (κ1) is 14.5. The maximum absolute atomic E-state index is 4.14. The standard InChI is InChI=1S/C15H21N5S/c1-10(2)16-9-12-4-7-14(8-11(12)3)21-15-17-18-19-20(15)13-5-6-13/h4,7-8,10,13,16H,5-6,9H2,1-3H3. The fourth-order valence-corrected chi connectivity index (χ4v) is 3.09. The van der Waals surface area contributed by atoms with Gasteiger partial charge in [-0.05, 0) is 65.2 Å². The van der Waals surface area contributed by atoms with Gasteiger partial charge in [-0.25, -0.2) is 4.68 Å². The summed E-state index contributed by atoms with van der Waals surface area (Å²) in [5.41, 5.74) is 2.65. The lowest BCUT2D eigenvalue weighted by atomic mass is 10.1. The van der Waals surface area contributed by atoms with E-state index in [1.54, 1.807) is 11.8 Å². The van der Waals surface area contributed by atoms with Crippen molar-refractivity contribution >= 4 is 11.8 Å². The third-order valence-corrected chi connectivity index (χ3v) is 4.52. The third-order valence-electron chi connectivity index (χ3n) is 3.58. The van der Waals surface area contributed by atoms with Crippen LogP contribution in [-0.2, 0) is 6.54 Å². The van der Waals surface area contributed by atoms with Crippen molar-refractivity contribution in [1.29, 1.82) is 0 Å². The highest BCUT2D eigenvalue weighted by Crippen LogP contribution is 2.38. The van der Waals surface area contributed by atoms with Crippen molar-refractivity contribution in [3.63, 3.8) is 0 Å². The van der Waals surface area contributed by atoms with Crippen molar-refractivity contribution in [2.45, 2.75) is 62.3 Å². The first-order chi connectivity index (χ1) is 10.1. The van der Waals surface area contributed by atoms with E-state index in [0.29, 0.717) is 12.1 Å². The number of aryl methyl sites for hydroxylation is 1. The molecular formula is C15H21N5S. The summed E-state index contributed by atoms with van der Waals surface area (Å²) in [7, 11) is 0. The second-order valence-corrected chi connectivity index (χ2v) is 6.90. The molecule has 6 heteroatoms. The Kier molecular flexibility index (Phi) is 4.26. The van der Waals surface area contributed by atoms with E-state index >= 15 is 0 Å². The van der Waals surface area contributed by atoms with Gasteiger partial charge >= 0.3 is 0 Å². The Labute approximate surface area is 129 Å². The second kappa shape index (κ2) is 6.15. The number of nitrogens with zero attached hydrogens (tertiary/aromatic N) is 4. The molecule has 1 aromatic heterocycles. The first-order valence-electron chi connectivity index (χ1n) is 7.42. The molecule has 3 rings (SSSR count). The maximum atomic E-state index is 4.14. The van der Waals surface area contributed by atoms with Gasteiger partial charge in [-0.1, -0.05) is 19.9 Å². The molecule has 2 aromatic rings. The summed E-state index contributed by atoms with van der Waals surface area (Å²) in [4.78, 5) is 1.19. The molecule has 0 aliphatic heterocycles. The zero-order valence-electron chi connectivity index (χ0n) is 12.7. The van der Waals surface area contributed by atoms with Gasteiger partial charge in [0.15, 0.2) is 0 Å². The van der Waals surface area contributed by atoms with E-state index in [0.717, 1.165) is 11.7 Å². The highest BCUT2D eigenvalue weighted by atomic mass is 32.2. The Hall–Kier alpha value is -1.40. The fourth-order valence-electron chi connectivity index (χ4n) is 2.15. The Bertz CT molecular complexity index is 618. The van der Waals surface area contributed by atoms with Crippen LogP contribution in [0.4, 0.5) is 0 Å². The molecule has 0 saturated heterocycles. The number of benzene rings is 1. The maximum Gasteiger partial charge on any atom is 0.214 e. The quantitative estimate of drug-likeness (QED) is 0.889.